The van der Waals surface area contributed by atoms with Crippen molar-refractivity contribution in [3.05, 3.63) is 0 Å². The topological polar surface area (TPSA) is 149 Å². The summed E-state index contributed by atoms with van der Waals surface area (Å²) >= 11 is 0. The van der Waals surface area contributed by atoms with E-state index in [0.29, 0.717) is 4.90 Å². The Hall–Kier alpha value is -2.78. The van der Waals surface area contributed by atoms with E-state index in [1.165, 1.54) is 0 Å². The molecule has 2 heterocycles. The Morgan fingerprint density at radius 1 is 0.885 bits per heavy atom. The fourth-order valence-corrected chi connectivity index (χ4v) is 4.26. The maximum atomic E-state index is 12.3. The predicted molar refractivity (Wildman–Crippen MR) is 81.3 cm³/mol. The number of hydrogen-bond acceptors (Lipinski definition) is 6. The summed E-state index contributed by atoms with van der Waals surface area (Å²) in [5.41, 5.74) is -2.12. The van der Waals surface area contributed by atoms with Crippen molar-refractivity contribution >= 4 is 35.6 Å². The van der Waals surface area contributed by atoms with Gasteiger partial charge in [0.1, 0.15) is 0 Å². The molecule has 0 aromatic carbocycles. The van der Waals surface area contributed by atoms with E-state index in [2.05, 4.69) is 0 Å². The van der Waals surface area contributed by atoms with Crippen molar-refractivity contribution < 1.29 is 39.0 Å². The molecule has 2 N–H and O–H groups in total. The number of rotatable bonds is 4. The second kappa shape index (κ2) is 6.19. The molecule has 0 bridgehead atoms. The van der Waals surface area contributed by atoms with E-state index in [0.717, 1.165) is 4.90 Å². The van der Waals surface area contributed by atoms with E-state index >= 15 is 0 Å². The van der Waals surface area contributed by atoms with Crippen molar-refractivity contribution in [2.24, 2.45) is 5.92 Å². The first kappa shape index (κ1) is 18.0. The number of amides is 4. The van der Waals surface area contributed by atoms with E-state index in [1.54, 1.807) is 0 Å². The smallest absolute Gasteiger partial charge is 0.332 e. The van der Waals surface area contributed by atoms with Crippen LogP contribution in [0.3, 0.4) is 0 Å². The number of nitrogens with zero attached hydrogens (tertiary/aromatic N) is 2. The summed E-state index contributed by atoms with van der Waals surface area (Å²) in [5, 5.41) is 19.3. The van der Waals surface area contributed by atoms with Crippen LogP contribution >= 0.6 is 0 Å². The highest BCUT2D eigenvalue weighted by Gasteiger charge is 2.62. The highest BCUT2D eigenvalue weighted by atomic mass is 16.4. The molecule has 0 aromatic rings. The zero-order valence-corrected chi connectivity index (χ0v) is 13.8. The number of carbonyl (C=O) groups excluding carboxylic acids is 4. The number of carboxylic acids is 2. The van der Waals surface area contributed by atoms with Crippen molar-refractivity contribution in [2.45, 2.75) is 56.5 Å². The summed E-state index contributed by atoms with van der Waals surface area (Å²) in [5.74, 6) is -6.26. The Morgan fingerprint density at radius 3 is 1.85 bits per heavy atom. The Morgan fingerprint density at radius 2 is 1.38 bits per heavy atom. The lowest BCUT2D eigenvalue weighted by Gasteiger charge is -2.49. The standard InChI is InChI=1S/C16H18N2O8/c19-10-1-2-11(20)17(10)9-7-8(14(23)24)5-6-16(9,15(25)26)18-12(21)3-4-13(18)22/h8-9H,1-7H2,(H,23,24)(H,25,26)/t8-,9?,16-/m1/s1. The molecule has 2 aliphatic heterocycles. The van der Waals surface area contributed by atoms with Gasteiger partial charge in [-0.1, -0.05) is 0 Å². The normalized spacial score (nSPS) is 32.5. The Balaban J connectivity index is 2.13. The molecule has 26 heavy (non-hydrogen) atoms. The summed E-state index contributed by atoms with van der Waals surface area (Å²) in [7, 11) is 0. The average molecular weight is 366 g/mol. The van der Waals surface area contributed by atoms with Gasteiger partial charge in [0.2, 0.25) is 23.6 Å². The van der Waals surface area contributed by atoms with Crippen LogP contribution < -0.4 is 0 Å². The Labute approximate surface area is 147 Å². The van der Waals surface area contributed by atoms with E-state index in [1.807, 2.05) is 0 Å². The maximum absolute atomic E-state index is 12.3. The molecule has 0 aromatic heterocycles. The summed E-state index contributed by atoms with van der Waals surface area (Å²) < 4.78 is 0. The quantitative estimate of drug-likeness (QED) is 0.624. The van der Waals surface area contributed by atoms with E-state index < -0.39 is 53.1 Å². The van der Waals surface area contributed by atoms with Crippen LogP contribution in [0, 0.1) is 5.92 Å². The highest BCUT2D eigenvalue weighted by molar-refractivity contribution is 6.08. The summed E-state index contributed by atoms with van der Waals surface area (Å²) in [6.07, 6.45) is -1.22. The van der Waals surface area contributed by atoms with Gasteiger partial charge in [-0.25, -0.2) is 4.79 Å². The molecule has 0 spiro atoms. The molecule has 140 valence electrons. The average Bonchev–Trinajstić information content (AvgIpc) is 3.08. The van der Waals surface area contributed by atoms with Crippen molar-refractivity contribution in [3.8, 4) is 0 Å². The van der Waals surface area contributed by atoms with Gasteiger partial charge in [0.25, 0.3) is 0 Å². The van der Waals surface area contributed by atoms with Crippen LogP contribution in [0.4, 0.5) is 0 Å². The summed E-state index contributed by atoms with van der Waals surface area (Å²) in [4.78, 5) is 74.1. The second-order valence-corrected chi connectivity index (χ2v) is 6.84. The first-order valence-electron chi connectivity index (χ1n) is 8.37. The van der Waals surface area contributed by atoms with Crippen LogP contribution in [0.15, 0.2) is 0 Å². The maximum Gasteiger partial charge on any atom is 0.332 e. The van der Waals surface area contributed by atoms with Crippen molar-refractivity contribution in [3.63, 3.8) is 0 Å². The summed E-state index contributed by atoms with van der Waals surface area (Å²) in [6.45, 7) is 0. The van der Waals surface area contributed by atoms with Gasteiger partial charge in [-0.2, -0.15) is 0 Å². The molecule has 10 nitrogen and oxygen atoms in total. The lowest BCUT2D eigenvalue weighted by molar-refractivity contribution is -0.177. The van der Waals surface area contributed by atoms with E-state index in [9.17, 15) is 39.0 Å². The molecular weight excluding hydrogens is 348 g/mol. The molecule has 3 rings (SSSR count). The van der Waals surface area contributed by atoms with Crippen LogP contribution in [-0.4, -0.2) is 67.2 Å². The molecule has 1 saturated carbocycles. The van der Waals surface area contributed by atoms with Crippen LogP contribution in [0.2, 0.25) is 0 Å². The van der Waals surface area contributed by atoms with Crippen LogP contribution in [0.25, 0.3) is 0 Å². The third-order valence-corrected chi connectivity index (χ3v) is 5.50. The lowest BCUT2D eigenvalue weighted by Crippen LogP contribution is -2.70. The lowest BCUT2D eigenvalue weighted by atomic mass is 9.70. The SMILES string of the molecule is O=C(O)[C@@H]1CC[C@@](C(=O)O)(N2C(=O)CCC2=O)C(N2C(=O)CCC2=O)C1. The zero-order valence-electron chi connectivity index (χ0n) is 13.8. The third-order valence-electron chi connectivity index (χ3n) is 5.50. The van der Waals surface area contributed by atoms with Gasteiger partial charge in [-0.3, -0.25) is 33.8 Å². The number of aliphatic carboxylic acids is 2. The van der Waals surface area contributed by atoms with Crippen molar-refractivity contribution in [1.29, 1.82) is 0 Å². The van der Waals surface area contributed by atoms with Gasteiger partial charge in [0.15, 0.2) is 5.54 Å². The second-order valence-electron chi connectivity index (χ2n) is 6.84. The first-order chi connectivity index (χ1) is 12.2. The number of likely N-dealkylation sites (tertiary alicyclic amines) is 2. The number of carbonyl (C=O) groups is 6. The minimum atomic E-state index is -2.12. The Bertz CT molecular complexity index is 700. The van der Waals surface area contributed by atoms with Gasteiger partial charge >= 0.3 is 11.9 Å². The van der Waals surface area contributed by atoms with E-state index in [4.69, 9.17) is 0 Å². The number of carboxylic acid groups (broad SMARTS) is 2. The van der Waals surface area contributed by atoms with Crippen molar-refractivity contribution in [2.75, 3.05) is 0 Å². The molecule has 2 saturated heterocycles. The molecule has 4 amide bonds. The van der Waals surface area contributed by atoms with Gasteiger partial charge in [-0.15, -0.1) is 0 Å². The molecule has 1 unspecified atom stereocenters. The van der Waals surface area contributed by atoms with Crippen molar-refractivity contribution in [1.82, 2.24) is 9.80 Å². The molecule has 1 aliphatic carbocycles. The Kier molecular flexibility index (Phi) is 4.29. The minimum absolute atomic E-state index is 0.0780. The van der Waals surface area contributed by atoms with Gasteiger partial charge in [0, 0.05) is 25.7 Å². The fraction of sp³-hybridized carbons (Fsp3) is 0.625. The monoisotopic (exact) mass is 366 g/mol. The molecule has 10 heteroatoms. The highest BCUT2D eigenvalue weighted by Crippen LogP contribution is 2.43. The molecule has 3 aliphatic rings. The zero-order chi connectivity index (χ0) is 19.2. The van der Waals surface area contributed by atoms with Gasteiger partial charge in [0.05, 0.1) is 12.0 Å². The largest absolute Gasteiger partial charge is 0.481 e. The minimum Gasteiger partial charge on any atom is -0.481 e. The first-order valence-corrected chi connectivity index (χ1v) is 8.37. The fourth-order valence-electron chi connectivity index (χ4n) is 4.26. The molecule has 0 radical (unpaired) electrons. The number of imide groups is 2. The third kappa shape index (κ3) is 2.47. The summed E-state index contributed by atoms with van der Waals surface area (Å²) in [6, 6.07) is -1.39. The van der Waals surface area contributed by atoms with E-state index in [-0.39, 0.29) is 44.9 Å². The molecular formula is C16H18N2O8. The van der Waals surface area contributed by atoms with Crippen LogP contribution in [-0.2, 0) is 28.8 Å². The molecule has 3 atom stereocenters. The van der Waals surface area contributed by atoms with Crippen LogP contribution in [0.1, 0.15) is 44.9 Å². The van der Waals surface area contributed by atoms with Gasteiger partial charge in [-0.05, 0) is 19.3 Å². The number of hydrogen-bond donors (Lipinski definition) is 2. The molecule has 3 fully saturated rings. The van der Waals surface area contributed by atoms with Gasteiger partial charge < -0.3 is 10.2 Å². The van der Waals surface area contributed by atoms with Crippen LogP contribution in [0.5, 0.6) is 0 Å². The predicted octanol–water partition coefficient (Wildman–Crippen LogP) is -0.639.